The number of esters is 1. The summed E-state index contributed by atoms with van der Waals surface area (Å²) < 4.78 is 5.31. The lowest BCUT2D eigenvalue weighted by Crippen LogP contribution is -2.58. The number of carbonyl (C=O) groups excluding carboxylic acids is 1. The third kappa shape index (κ3) is 3.34. The van der Waals surface area contributed by atoms with Crippen molar-refractivity contribution in [1.29, 1.82) is 0 Å². The van der Waals surface area contributed by atoms with Gasteiger partial charge >= 0.3 is 5.97 Å². The van der Waals surface area contributed by atoms with Crippen LogP contribution in [0.5, 0.6) is 0 Å². The molecule has 0 aromatic heterocycles. The molecule has 2 fully saturated rings. The van der Waals surface area contributed by atoms with E-state index in [1.165, 1.54) is 32.4 Å². The van der Waals surface area contributed by atoms with Crippen molar-refractivity contribution < 1.29 is 9.53 Å². The Bertz CT molecular complexity index is 334. The Balaban J connectivity index is 2.04. The first-order valence-electron chi connectivity index (χ1n) is 8.21. The van der Waals surface area contributed by atoms with E-state index in [1.807, 2.05) is 14.0 Å². The number of rotatable bonds is 4. The van der Waals surface area contributed by atoms with Crippen LogP contribution < -0.4 is 5.32 Å². The van der Waals surface area contributed by atoms with Crippen LogP contribution in [0.15, 0.2) is 0 Å². The van der Waals surface area contributed by atoms with Crippen LogP contribution in [0.3, 0.4) is 0 Å². The van der Waals surface area contributed by atoms with Gasteiger partial charge in [-0.05, 0) is 65.0 Å². The predicted molar refractivity (Wildman–Crippen MR) is 80.7 cm³/mol. The number of piperidine rings is 1. The number of nitrogens with one attached hydrogen (secondary N) is 1. The minimum Gasteiger partial charge on any atom is -0.465 e. The molecule has 1 saturated carbocycles. The second kappa shape index (κ2) is 6.90. The fourth-order valence-corrected chi connectivity index (χ4v) is 3.90. The highest BCUT2D eigenvalue weighted by Gasteiger charge is 2.44. The third-order valence-electron chi connectivity index (χ3n) is 5.07. The minimum atomic E-state index is -0.459. The standard InChI is InChI=1S/C16H30N2O2/c1-4-20-15(19)16(17-3)9-5-8-14(11-16)18-10-6-7-13(2)12-18/h13-14,17H,4-12H2,1-3H3. The van der Waals surface area contributed by atoms with E-state index in [1.54, 1.807) is 0 Å². The Morgan fingerprint density at radius 2 is 2.20 bits per heavy atom. The largest absolute Gasteiger partial charge is 0.465 e. The number of likely N-dealkylation sites (N-methyl/N-ethyl adjacent to an activating group) is 1. The lowest BCUT2D eigenvalue weighted by molar-refractivity contribution is -0.153. The van der Waals surface area contributed by atoms with Crippen LogP contribution in [0, 0.1) is 5.92 Å². The normalized spacial score (nSPS) is 35.8. The first-order valence-corrected chi connectivity index (χ1v) is 8.21. The maximum absolute atomic E-state index is 12.3. The Morgan fingerprint density at radius 3 is 2.85 bits per heavy atom. The molecule has 0 bridgehead atoms. The average molecular weight is 282 g/mol. The third-order valence-corrected chi connectivity index (χ3v) is 5.07. The van der Waals surface area contributed by atoms with Crippen molar-refractivity contribution in [2.75, 3.05) is 26.7 Å². The van der Waals surface area contributed by atoms with Crippen LogP contribution in [0.25, 0.3) is 0 Å². The molecule has 1 saturated heterocycles. The summed E-state index contributed by atoms with van der Waals surface area (Å²) >= 11 is 0. The molecule has 3 atom stereocenters. The Hall–Kier alpha value is -0.610. The molecule has 1 aliphatic heterocycles. The second-order valence-corrected chi connectivity index (χ2v) is 6.55. The quantitative estimate of drug-likeness (QED) is 0.803. The summed E-state index contributed by atoms with van der Waals surface area (Å²) in [6, 6.07) is 0.531. The van der Waals surface area contributed by atoms with Crippen molar-refractivity contribution >= 4 is 5.97 Å². The van der Waals surface area contributed by atoms with Gasteiger partial charge in [0, 0.05) is 12.6 Å². The van der Waals surface area contributed by atoms with Gasteiger partial charge in [0.05, 0.1) is 6.61 Å². The van der Waals surface area contributed by atoms with Gasteiger partial charge < -0.3 is 15.0 Å². The summed E-state index contributed by atoms with van der Waals surface area (Å²) in [6.07, 6.45) is 6.77. The molecule has 1 aliphatic carbocycles. The summed E-state index contributed by atoms with van der Waals surface area (Å²) in [7, 11) is 1.90. The van der Waals surface area contributed by atoms with Crippen molar-refractivity contribution in [2.24, 2.45) is 5.92 Å². The van der Waals surface area contributed by atoms with Crippen LogP contribution in [0.4, 0.5) is 0 Å². The number of hydrogen-bond donors (Lipinski definition) is 1. The summed E-state index contributed by atoms with van der Waals surface area (Å²) in [5.74, 6) is 0.731. The number of likely N-dealkylation sites (tertiary alicyclic amines) is 1. The van der Waals surface area contributed by atoms with Crippen LogP contribution in [0.1, 0.15) is 52.4 Å². The molecular formula is C16H30N2O2. The highest BCUT2D eigenvalue weighted by molar-refractivity contribution is 5.81. The number of ether oxygens (including phenoxy) is 1. The zero-order chi connectivity index (χ0) is 14.6. The van der Waals surface area contributed by atoms with E-state index in [0.717, 1.165) is 25.2 Å². The Morgan fingerprint density at radius 1 is 1.40 bits per heavy atom. The number of hydrogen-bond acceptors (Lipinski definition) is 4. The van der Waals surface area contributed by atoms with Gasteiger partial charge in [-0.2, -0.15) is 0 Å². The smallest absolute Gasteiger partial charge is 0.326 e. The zero-order valence-electron chi connectivity index (χ0n) is 13.3. The van der Waals surface area contributed by atoms with E-state index >= 15 is 0 Å². The highest BCUT2D eigenvalue weighted by Crippen LogP contribution is 2.34. The molecule has 0 aromatic rings. The lowest BCUT2D eigenvalue weighted by Gasteiger charge is -2.45. The molecule has 116 valence electrons. The second-order valence-electron chi connectivity index (χ2n) is 6.55. The van der Waals surface area contributed by atoms with Crippen LogP contribution in [-0.2, 0) is 9.53 Å². The lowest BCUT2D eigenvalue weighted by atomic mass is 9.77. The predicted octanol–water partition coefficient (Wildman–Crippen LogP) is 2.18. The molecule has 0 aromatic carbocycles. The summed E-state index contributed by atoms with van der Waals surface area (Å²) in [5.41, 5.74) is -0.459. The molecule has 0 spiro atoms. The van der Waals surface area contributed by atoms with Gasteiger partial charge in [0.1, 0.15) is 5.54 Å². The van der Waals surface area contributed by atoms with Crippen molar-refractivity contribution in [3.8, 4) is 0 Å². The van der Waals surface area contributed by atoms with Crippen molar-refractivity contribution in [1.82, 2.24) is 10.2 Å². The maximum atomic E-state index is 12.3. The first kappa shape index (κ1) is 15.8. The zero-order valence-corrected chi connectivity index (χ0v) is 13.3. The van der Waals surface area contributed by atoms with Gasteiger partial charge in [-0.25, -0.2) is 0 Å². The average Bonchev–Trinajstić information content (AvgIpc) is 2.47. The van der Waals surface area contributed by atoms with Gasteiger partial charge in [0.25, 0.3) is 0 Å². The topological polar surface area (TPSA) is 41.6 Å². The summed E-state index contributed by atoms with van der Waals surface area (Å²) in [4.78, 5) is 15.0. The van der Waals surface area contributed by atoms with Crippen molar-refractivity contribution in [3.63, 3.8) is 0 Å². The fraction of sp³-hybridized carbons (Fsp3) is 0.938. The Labute approximate surface area is 123 Å². The molecule has 20 heavy (non-hydrogen) atoms. The van der Waals surface area contributed by atoms with Gasteiger partial charge in [-0.3, -0.25) is 4.79 Å². The molecule has 1 heterocycles. The SMILES string of the molecule is CCOC(=O)C1(NC)CCCC(N2CCCC(C)C2)C1. The fourth-order valence-electron chi connectivity index (χ4n) is 3.90. The maximum Gasteiger partial charge on any atom is 0.326 e. The first-order chi connectivity index (χ1) is 9.61. The molecule has 1 N–H and O–H groups in total. The summed E-state index contributed by atoms with van der Waals surface area (Å²) in [5, 5.41) is 3.28. The van der Waals surface area contributed by atoms with Crippen molar-refractivity contribution in [2.45, 2.75) is 64.0 Å². The summed E-state index contributed by atoms with van der Waals surface area (Å²) in [6.45, 7) is 7.07. The molecule has 0 amide bonds. The van der Waals surface area contributed by atoms with Gasteiger partial charge in [-0.15, -0.1) is 0 Å². The molecule has 2 aliphatic rings. The number of nitrogens with zero attached hydrogens (tertiary/aromatic N) is 1. The van der Waals surface area contributed by atoms with Crippen LogP contribution >= 0.6 is 0 Å². The van der Waals surface area contributed by atoms with E-state index in [0.29, 0.717) is 12.6 Å². The molecule has 0 radical (unpaired) electrons. The van der Waals surface area contributed by atoms with E-state index in [9.17, 15) is 4.79 Å². The minimum absolute atomic E-state index is 0.0581. The molecular weight excluding hydrogens is 252 g/mol. The molecule has 2 rings (SSSR count). The highest BCUT2D eigenvalue weighted by atomic mass is 16.5. The monoisotopic (exact) mass is 282 g/mol. The molecule has 4 nitrogen and oxygen atoms in total. The van der Waals surface area contributed by atoms with E-state index in [2.05, 4.69) is 17.1 Å². The van der Waals surface area contributed by atoms with E-state index in [-0.39, 0.29) is 5.97 Å². The van der Waals surface area contributed by atoms with Gasteiger partial charge in [0.2, 0.25) is 0 Å². The van der Waals surface area contributed by atoms with Crippen LogP contribution in [-0.4, -0.2) is 49.2 Å². The molecule has 4 heteroatoms. The van der Waals surface area contributed by atoms with Crippen LogP contribution in [0.2, 0.25) is 0 Å². The van der Waals surface area contributed by atoms with E-state index in [4.69, 9.17) is 4.74 Å². The number of carbonyl (C=O) groups is 1. The Kier molecular flexibility index (Phi) is 5.44. The van der Waals surface area contributed by atoms with Crippen molar-refractivity contribution in [3.05, 3.63) is 0 Å². The van der Waals surface area contributed by atoms with Gasteiger partial charge in [0.15, 0.2) is 0 Å². The van der Waals surface area contributed by atoms with Gasteiger partial charge in [-0.1, -0.05) is 6.92 Å². The molecule has 3 unspecified atom stereocenters. The van der Waals surface area contributed by atoms with E-state index < -0.39 is 5.54 Å².